The number of ketones is 2. The Morgan fingerprint density at radius 3 is 2.09 bits per heavy atom. The molecule has 1 aliphatic carbocycles. The molecule has 2 aliphatic rings. The fraction of sp³-hybridized carbons (Fsp3) is 0.176. The van der Waals surface area contributed by atoms with Crippen LogP contribution >= 0.6 is 0 Å². The summed E-state index contributed by atoms with van der Waals surface area (Å²) >= 11 is 0. The molecule has 0 atom stereocenters. The maximum atomic E-state index is 12.9. The number of nitrogens with one attached hydrogen (secondary N) is 2. The van der Waals surface area contributed by atoms with Crippen LogP contribution in [0.4, 0.5) is 11.4 Å². The molecule has 6 heteroatoms. The van der Waals surface area contributed by atoms with Gasteiger partial charge in [-0.05, 0) is 38.1 Å². The SMILES string of the molecule is CC1(C)Nc2ccc3c(c2N1)C(=O)c1c(O)ccc(O)c1C3=O. The van der Waals surface area contributed by atoms with E-state index in [0.29, 0.717) is 5.69 Å². The third-order valence-corrected chi connectivity index (χ3v) is 4.18. The van der Waals surface area contributed by atoms with E-state index in [0.717, 1.165) is 5.69 Å². The highest BCUT2D eigenvalue weighted by molar-refractivity contribution is 6.32. The molecule has 4 N–H and O–H groups in total. The molecule has 0 bridgehead atoms. The number of anilines is 2. The van der Waals surface area contributed by atoms with Crippen LogP contribution in [-0.4, -0.2) is 27.4 Å². The summed E-state index contributed by atoms with van der Waals surface area (Å²) in [5.74, 6) is -1.58. The minimum Gasteiger partial charge on any atom is -0.507 e. The van der Waals surface area contributed by atoms with Gasteiger partial charge in [-0.3, -0.25) is 9.59 Å². The van der Waals surface area contributed by atoms with Gasteiger partial charge in [0.2, 0.25) is 5.78 Å². The minimum absolute atomic E-state index is 0.146. The number of phenols is 2. The van der Waals surface area contributed by atoms with Crippen molar-refractivity contribution in [1.82, 2.24) is 0 Å². The predicted octanol–water partition coefficient (Wildman–Crippen LogP) is 2.45. The first-order valence-electron chi connectivity index (χ1n) is 7.18. The van der Waals surface area contributed by atoms with Crippen LogP contribution in [0.3, 0.4) is 0 Å². The smallest absolute Gasteiger partial charge is 0.200 e. The van der Waals surface area contributed by atoms with Gasteiger partial charge in [0, 0.05) is 5.56 Å². The summed E-state index contributed by atoms with van der Waals surface area (Å²) in [7, 11) is 0. The van der Waals surface area contributed by atoms with Crippen molar-refractivity contribution < 1.29 is 19.8 Å². The number of carbonyl (C=O) groups is 2. The topological polar surface area (TPSA) is 98.7 Å². The van der Waals surface area contributed by atoms with Crippen LogP contribution in [0.15, 0.2) is 24.3 Å². The largest absolute Gasteiger partial charge is 0.507 e. The molecule has 1 aliphatic heterocycles. The first kappa shape index (κ1) is 13.6. The molecule has 1 heterocycles. The number of benzene rings is 2. The van der Waals surface area contributed by atoms with E-state index in [9.17, 15) is 19.8 Å². The number of carbonyl (C=O) groups excluding carboxylic acids is 2. The lowest BCUT2D eigenvalue weighted by Crippen LogP contribution is -2.34. The molecule has 23 heavy (non-hydrogen) atoms. The van der Waals surface area contributed by atoms with E-state index in [-0.39, 0.29) is 33.8 Å². The Morgan fingerprint density at radius 2 is 1.43 bits per heavy atom. The number of hydrogen-bond donors (Lipinski definition) is 4. The van der Waals surface area contributed by atoms with E-state index in [1.807, 2.05) is 13.8 Å². The maximum Gasteiger partial charge on any atom is 0.200 e. The van der Waals surface area contributed by atoms with Gasteiger partial charge < -0.3 is 20.8 Å². The van der Waals surface area contributed by atoms with Gasteiger partial charge in [-0.25, -0.2) is 0 Å². The Morgan fingerprint density at radius 1 is 0.826 bits per heavy atom. The highest BCUT2D eigenvalue weighted by Crippen LogP contribution is 2.45. The molecule has 2 aromatic carbocycles. The van der Waals surface area contributed by atoms with Gasteiger partial charge in [0.05, 0.1) is 28.1 Å². The number of aromatic hydroxyl groups is 2. The van der Waals surface area contributed by atoms with Crippen molar-refractivity contribution in [3.8, 4) is 11.5 Å². The average molecular weight is 310 g/mol. The van der Waals surface area contributed by atoms with Crippen LogP contribution in [0.25, 0.3) is 0 Å². The van der Waals surface area contributed by atoms with Gasteiger partial charge in [-0.2, -0.15) is 0 Å². The zero-order valence-corrected chi connectivity index (χ0v) is 12.5. The second kappa shape index (κ2) is 4.04. The fourth-order valence-corrected chi connectivity index (χ4v) is 3.24. The van der Waals surface area contributed by atoms with E-state index >= 15 is 0 Å². The molecule has 2 aromatic rings. The number of phenolic OH excluding ortho intramolecular Hbond substituents is 2. The van der Waals surface area contributed by atoms with Gasteiger partial charge >= 0.3 is 0 Å². The van der Waals surface area contributed by atoms with E-state index in [1.165, 1.54) is 12.1 Å². The highest BCUT2D eigenvalue weighted by Gasteiger charge is 2.39. The third-order valence-electron chi connectivity index (χ3n) is 4.18. The molecule has 0 radical (unpaired) electrons. The average Bonchev–Trinajstić information content (AvgIpc) is 2.80. The van der Waals surface area contributed by atoms with E-state index in [2.05, 4.69) is 10.6 Å². The van der Waals surface area contributed by atoms with Gasteiger partial charge in [0.1, 0.15) is 17.2 Å². The van der Waals surface area contributed by atoms with Gasteiger partial charge in [-0.15, -0.1) is 0 Å². The van der Waals surface area contributed by atoms with Gasteiger partial charge in [-0.1, -0.05) is 0 Å². The molecule has 0 amide bonds. The molecular weight excluding hydrogens is 296 g/mol. The third kappa shape index (κ3) is 1.69. The zero-order valence-electron chi connectivity index (χ0n) is 12.5. The summed E-state index contributed by atoms with van der Waals surface area (Å²) in [6, 6.07) is 5.71. The molecule has 116 valence electrons. The number of hydrogen-bond acceptors (Lipinski definition) is 6. The van der Waals surface area contributed by atoms with Crippen LogP contribution in [0.1, 0.15) is 45.7 Å². The summed E-state index contributed by atoms with van der Waals surface area (Å²) in [5.41, 5.74) is 0.947. The lowest BCUT2D eigenvalue weighted by Gasteiger charge is -2.22. The molecule has 4 rings (SSSR count). The summed E-state index contributed by atoms with van der Waals surface area (Å²) in [4.78, 5) is 25.6. The predicted molar refractivity (Wildman–Crippen MR) is 84.4 cm³/mol. The van der Waals surface area contributed by atoms with Crippen LogP contribution in [0, 0.1) is 0 Å². The van der Waals surface area contributed by atoms with E-state index < -0.39 is 17.2 Å². The van der Waals surface area contributed by atoms with Crippen molar-refractivity contribution in [2.45, 2.75) is 19.5 Å². The second-order valence-electron chi connectivity index (χ2n) is 6.30. The van der Waals surface area contributed by atoms with Crippen LogP contribution in [0.5, 0.6) is 11.5 Å². The first-order chi connectivity index (χ1) is 10.8. The molecule has 0 spiro atoms. The van der Waals surface area contributed by atoms with Crippen molar-refractivity contribution in [1.29, 1.82) is 0 Å². The van der Waals surface area contributed by atoms with Crippen molar-refractivity contribution in [2.24, 2.45) is 0 Å². The summed E-state index contributed by atoms with van der Waals surface area (Å²) in [6.45, 7) is 3.82. The normalized spacial score (nSPS) is 17.0. The Labute approximate surface area is 131 Å². The lowest BCUT2D eigenvalue weighted by molar-refractivity contribution is 0.0975. The van der Waals surface area contributed by atoms with Crippen LogP contribution in [0.2, 0.25) is 0 Å². The summed E-state index contributed by atoms with van der Waals surface area (Å²) in [5, 5.41) is 26.4. The molecule has 0 saturated heterocycles. The molecular formula is C17H14N2O4. The lowest BCUT2D eigenvalue weighted by atomic mass is 9.82. The van der Waals surface area contributed by atoms with Crippen molar-refractivity contribution >= 4 is 22.9 Å². The Kier molecular flexibility index (Phi) is 2.39. The van der Waals surface area contributed by atoms with Crippen molar-refractivity contribution in [3.63, 3.8) is 0 Å². The number of rotatable bonds is 0. The second-order valence-corrected chi connectivity index (χ2v) is 6.30. The van der Waals surface area contributed by atoms with E-state index in [1.54, 1.807) is 12.1 Å². The zero-order chi connectivity index (χ0) is 16.5. The minimum atomic E-state index is -0.480. The standard InChI is InChI=1S/C17H14N2O4/c1-17(2)18-8-4-3-7-11(14(8)19-17)16(23)13-10(21)6-5-9(20)12(13)15(7)22/h3-6,18-21H,1-2H3. The Bertz CT molecular complexity index is 915. The molecule has 0 saturated carbocycles. The fourth-order valence-electron chi connectivity index (χ4n) is 3.24. The Hall–Kier alpha value is -3.02. The van der Waals surface area contributed by atoms with Crippen LogP contribution < -0.4 is 10.6 Å². The molecule has 0 aromatic heterocycles. The monoisotopic (exact) mass is 310 g/mol. The highest BCUT2D eigenvalue weighted by atomic mass is 16.3. The van der Waals surface area contributed by atoms with E-state index in [4.69, 9.17) is 0 Å². The van der Waals surface area contributed by atoms with Gasteiger partial charge in [0.25, 0.3) is 0 Å². The summed E-state index contributed by atoms with van der Waals surface area (Å²) < 4.78 is 0. The maximum absolute atomic E-state index is 12.9. The van der Waals surface area contributed by atoms with Crippen molar-refractivity contribution in [3.05, 3.63) is 46.5 Å². The summed E-state index contributed by atoms with van der Waals surface area (Å²) in [6.07, 6.45) is 0. The van der Waals surface area contributed by atoms with Gasteiger partial charge in [0.15, 0.2) is 5.78 Å². The quantitative estimate of drug-likeness (QED) is 0.476. The van der Waals surface area contributed by atoms with Crippen molar-refractivity contribution in [2.75, 3.05) is 10.6 Å². The molecule has 6 nitrogen and oxygen atoms in total. The first-order valence-corrected chi connectivity index (χ1v) is 7.18. The number of fused-ring (bicyclic) bond motifs is 4. The molecule has 0 fully saturated rings. The Balaban J connectivity index is 2.03. The molecule has 0 unspecified atom stereocenters. The van der Waals surface area contributed by atoms with Crippen LogP contribution in [-0.2, 0) is 0 Å².